The third kappa shape index (κ3) is 1.50. The number of carboxylic acid groups (broad SMARTS) is 1. The molecule has 0 bridgehead atoms. The zero-order valence-electron chi connectivity index (χ0n) is 7.88. The maximum absolute atomic E-state index is 10.9. The number of nitrogens with zero attached hydrogens (tertiary/aromatic N) is 2. The molecule has 2 atom stereocenters. The van der Waals surface area contributed by atoms with Crippen LogP contribution in [0.25, 0.3) is 0 Å². The minimum atomic E-state index is -0.807. The van der Waals surface area contributed by atoms with Gasteiger partial charge in [-0.3, -0.25) is 9.48 Å². The van der Waals surface area contributed by atoms with Crippen molar-refractivity contribution in [2.45, 2.75) is 12.5 Å². The van der Waals surface area contributed by atoms with E-state index < -0.39 is 11.9 Å². The molecule has 0 amide bonds. The topological polar surface area (TPSA) is 64.3 Å². The van der Waals surface area contributed by atoms with Gasteiger partial charge in [0.2, 0.25) is 0 Å². The van der Waals surface area contributed by atoms with Gasteiger partial charge in [0.25, 0.3) is 0 Å². The van der Waals surface area contributed by atoms with Gasteiger partial charge in [0, 0.05) is 19.9 Å². The summed E-state index contributed by atoms with van der Waals surface area (Å²) >= 11 is 0. The molecule has 1 N–H and O–H groups in total. The van der Waals surface area contributed by atoms with E-state index in [9.17, 15) is 4.79 Å². The quantitative estimate of drug-likeness (QED) is 0.751. The van der Waals surface area contributed by atoms with Crippen molar-refractivity contribution in [3.05, 3.63) is 18.0 Å². The van der Waals surface area contributed by atoms with Crippen molar-refractivity contribution in [2.75, 3.05) is 6.61 Å². The highest BCUT2D eigenvalue weighted by Crippen LogP contribution is 2.33. The van der Waals surface area contributed by atoms with E-state index in [0.717, 1.165) is 0 Å². The number of hydrogen-bond donors (Lipinski definition) is 1. The van der Waals surface area contributed by atoms with Gasteiger partial charge in [-0.15, -0.1) is 0 Å². The zero-order valence-corrected chi connectivity index (χ0v) is 7.88. The molecule has 2 heterocycles. The van der Waals surface area contributed by atoms with E-state index in [1.54, 1.807) is 24.0 Å². The van der Waals surface area contributed by atoms with Gasteiger partial charge in [-0.2, -0.15) is 5.10 Å². The second-order valence-electron chi connectivity index (χ2n) is 3.44. The Morgan fingerprint density at radius 1 is 1.79 bits per heavy atom. The Morgan fingerprint density at radius 3 is 3.14 bits per heavy atom. The van der Waals surface area contributed by atoms with Crippen LogP contribution in [-0.4, -0.2) is 27.5 Å². The van der Waals surface area contributed by atoms with Crippen LogP contribution in [0.1, 0.15) is 18.2 Å². The first kappa shape index (κ1) is 9.21. The van der Waals surface area contributed by atoms with E-state index in [1.165, 1.54) is 0 Å². The van der Waals surface area contributed by atoms with Gasteiger partial charge in [0.05, 0.1) is 11.6 Å². The van der Waals surface area contributed by atoms with E-state index in [-0.39, 0.29) is 6.10 Å². The summed E-state index contributed by atoms with van der Waals surface area (Å²) in [6.07, 6.45) is 1.97. The van der Waals surface area contributed by atoms with E-state index in [2.05, 4.69) is 5.10 Å². The second-order valence-corrected chi connectivity index (χ2v) is 3.44. The summed E-state index contributed by atoms with van der Waals surface area (Å²) in [5.74, 6) is -1.26. The largest absolute Gasteiger partial charge is 0.481 e. The number of hydrogen-bond acceptors (Lipinski definition) is 3. The van der Waals surface area contributed by atoms with Crippen LogP contribution < -0.4 is 0 Å². The third-order valence-corrected chi connectivity index (χ3v) is 2.43. The van der Waals surface area contributed by atoms with Crippen LogP contribution >= 0.6 is 0 Å². The van der Waals surface area contributed by atoms with E-state index in [0.29, 0.717) is 18.7 Å². The van der Waals surface area contributed by atoms with Gasteiger partial charge in [0.1, 0.15) is 6.10 Å². The van der Waals surface area contributed by atoms with Crippen molar-refractivity contribution < 1.29 is 14.6 Å². The molecule has 0 spiro atoms. The lowest BCUT2D eigenvalue weighted by Gasteiger charge is -2.11. The van der Waals surface area contributed by atoms with Gasteiger partial charge < -0.3 is 9.84 Å². The first-order valence-corrected chi connectivity index (χ1v) is 4.52. The highest BCUT2D eigenvalue weighted by molar-refractivity contribution is 5.71. The Balaban J connectivity index is 2.21. The van der Waals surface area contributed by atoms with E-state index in [4.69, 9.17) is 9.84 Å². The molecule has 1 aromatic rings. The molecule has 0 saturated carbocycles. The van der Waals surface area contributed by atoms with Crippen molar-refractivity contribution >= 4 is 5.97 Å². The zero-order chi connectivity index (χ0) is 10.1. The molecule has 1 saturated heterocycles. The lowest BCUT2D eigenvalue weighted by atomic mass is 10.00. The molecule has 1 aromatic heterocycles. The number of ether oxygens (including phenoxy) is 1. The molecule has 2 unspecified atom stereocenters. The average Bonchev–Trinajstić information content (AvgIpc) is 2.70. The molecule has 1 aliphatic heterocycles. The van der Waals surface area contributed by atoms with E-state index in [1.807, 2.05) is 0 Å². The number of carboxylic acids is 1. The van der Waals surface area contributed by atoms with Crippen molar-refractivity contribution in [2.24, 2.45) is 13.0 Å². The summed E-state index contributed by atoms with van der Waals surface area (Å²) in [6, 6.07) is 1.80. The van der Waals surface area contributed by atoms with Crippen LogP contribution in [-0.2, 0) is 16.6 Å². The van der Waals surface area contributed by atoms with Gasteiger partial charge in [-0.25, -0.2) is 0 Å². The molecular formula is C9H12N2O3. The Morgan fingerprint density at radius 2 is 2.57 bits per heavy atom. The molecule has 14 heavy (non-hydrogen) atoms. The summed E-state index contributed by atoms with van der Waals surface area (Å²) in [7, 11) is 1.80. The van der Waals surface area contributed by atoms with Crippen LogP contribution in [0, 0.1) is 5.92 Å². The highest BCUT2D eigenvalue weighted by Gasteiger charge is 2.36. The molecule has 76 valence electrons. The lowest BCUT2D eigenvalue weighted by molar-refractivity contribution is -0.143. The minimum absolute atomic E-state index is 0.381. The smallest absolute Gasteiger partial charge is 0.309 e. The fourth-order valence-corrected chi connectivity index (χ4v) is 1.72. The third-order valence-electron chi connectivity index (χ3n) is 2.43. The van der Waals surface area contributed by atoms with Crippen molar-refractivity contribution in [1.82, 2.24) is 9.78 Å². The monoisotopic (exact) mass is 196 g/mol. The van der Waals surface area contributed by atoms with Crippen LogP contribution in [0.2, 0.25) is 0 Å². The molecule has 2 rings (SSSR count). The van der Waals surface area contributed by atoms with E-state index >= 15 is 0 Å². The molecule has 1 aliphatic rings. The van der Waals surface area contributed by atoms with Crippen LogP contribution in [0.4, 0.5) is 0 Å². The predicted molar refractivity (Wildman–Crippen MR) is 47.6 cm³/mol. The Bertz CT molecular complexity index is 348. The highest BCUT2D eigenvalue weighted by atomic mass is 16.5. The van der Waals surface area contributed by atoms with Gasteiger partial charge in [-0.1, -0.05) is 0 Å². The fraction of sp³-hybridized carbons (Fsp3) is 0.556. The molecule has 0 radical (unpaired) electrons. The predicted octanol–water partition coefficient (Wildman–Crippen LogP) is 0.582. The van der Waals surface area contributed by atoms with Crippen LogP contribution in [0.3, 0.4) is 0 Å². The molecule has 5 heteroatoms. The number of aromatic nitrogens is 2. The maximum Gasteiger partial charge on any atom is 0.309 e. The van der Waals surface area contributed by atoms with Gasteiger partial charge >= 0.3 is 5.97 Å². The fourth-order valence-electron chi connectivity index (χ4n) is 1.72. The van der Waals surface area contributed by atoms with Gasteiger partial charge in [-0.05, 0) is 12.5 Å². The standard InChI is InChI=1S/C9H12N2O3/c1-11-4-2-7(10-11)8-6(9(12)13)3-5-14-8/h2,4,6,8H,3,5H2,1H3,(H,12,13). The number of carbonyl (C=O) groups is 1. The van der Waals surface area contributed by atoms with Gasteiger partial charge in [0.15, 0.2) is 0 Å². The van der Waals surface area contributed by atoms with Crippen molar-refractivity contribution in [3.63, 3.8) is 0 Å². The van der Waals surface area contributed by atoms with Crippen molar-refractivity contribution in [3.8, 4) is 0 Å². The van der Waals surface area contributed by atoms with Crippen molar-refractivity contribution in [1.29, 1.82) is 0 Å². The summed E-state index contributed by atoms with van der Waals surface area (Å²) in [4.78, 5) is 10.9. The summed E-state index contributed by atoms with van der Waals surface area (Å²) in [5, 5.41) is 13.1. The Kier molecular flexibility index (Phi) is 2.25. The number of rotatable bonds is 2. The average molecular weight is 196 g/mol. The summed E-state index contributed by atoms with van der Waals surface area (Å²) in [6.45, 7) is 0.498. The minimum Gasteiger partial charge on any atom is -0.481 e. The van der Waals surface area contributed by atoms with Crippen LogP contribution in [0.15, 0.2) is 12.3 Å². The molecular weight excluding hydrogens is 184 g/mol. The summed E-state index contributed by atoms with van der Waals surface area (Å²) in [5.41, 5.74) is 0.706. The first-order valence-electron chi connectivity index (χ1n) is 4.52. The second kappa shape index (κ2) is 3.42. The molecule has 1 fully saturated rings. The Labute approximate surface area is 81.3 Å². The molecule has 0 aliphatic carbocycles. The Hall–Kier alpha value is -1.36. The maximum atomic E-state index is 10.9. The lowest BCUT2D eigenvalue weighted by Crippen LogP contribution is -2.18. The molecule has 0 aromatic carbocycles. The first-order chi connectivity index (χ1) is 6.68. The molecule has 5 nitrogen and oxygen atoms in total. The normalized spacial score (nSPS) is 26.6. The number of aliphatic carboxylic acids is 1. The van der Waals surface area contributed by atoms with Crippen LogP contribution in [0.5, 0.6) is 0 Å². The number of aryl methyl sites for hydroxylation is 1. The SMILES string of the molecule is Cn1ccc(C2OCCC2C(=O)O)n1. The summed E-state index contributed by atoms with van der Waals surface area (Å²) < 4.78 is 7.02.